The summed E-state index contributed by atoms with van der Waals surface area (Å²) >= 11 is 0. The molecule has 72 valence electrons. The molecule has 1 aliphatic heterocycles. The maximum atomic E-state index is 5.96. The van der Waals surface area contributed by atoms with E-state index in [4.69, 9.17) is 5.73 Å². The van der Waals surface area contributed by atoms with Crippen LogP contribution >= 0.6 is 0 Å². The third kappa shape index (κ3) is 1.87. The molecule has 1 fully saturated rings. The topological polar surface area (TPSA) is 60.0 Å². The molecule has 5 nitrogen and oxygen atoms in total. The first kappa shape index (κ1) is 8.65. The van der Waals surface area contributed by atoms with E-state index in [1.54, 1.807) is 4.68 Å². The number of aryl methyl sites for hydroxylation is 1. The van der Waals surface area contributed by atoms with E-state index in [-0.39, 0.29) is 6.04 Å². The maximum Gasteiger partial charge on any atom is 0.101 e. The number of hydrogen-bond donors (Lipinski definition) is 1. The predicted octanol–water partition coefficient (Wildman–Crippen LogP) is -0.479. The lowest BCUT2D eigenvalue weighted by molar-refractivity contribution is 0.169. The summed E-state index contributed by atoms with van der Waals surface area (Å²) in [6.07, 6.45) is 3.18. The van der Waals surface area contributed by atoms with Gasteiger partial charge in [0, 0.05) is 19.8 Å². The molecule has 1 aromatic heterocycles. The molecule has 1 atom stereocenters. The molecule has 1 aromatic rings. The first-order valence-corrected chi connectivity index (χ1v) is 4.60. The predicted molar refractivity (Wildman–Crippen MR) is 49.0 cm³/mol. The standard InChI is InChI=1S/C8H15N5/c1-12-6-8(10-11-12)7(9)5-13-3-2-4-13/h6-7H,2-5,9H2,1H3. The second kappa shape index (κ2) is 3.43. The Morgan fingerprint density at radius 1 is 1.62 bits per heavy atom. The van der Waals surface area contributed by atoms with E-state index in [0.29, 0.717) is 0 Å². The summed E-state index contributed by atoms with van der Waals surface area (Å²) in [5.41, 5.74) is 6.84. The van der Waals surface area contributed by atoms with Crippen LogP contribution in [0.15, 0.2) is 6.20 Å². The van der Waals surface area contributed by atoms with Gasteiger partial charge >= 0.3 is 0 Å². The van der Waals surface area contributed by atoms with E-state index in [9.17, 15) is 0 Å². The van der Waals surface area contributed by atoms with Crippen molar-refractivity contribution < 1.29 is 0 Å². The van der Waals surface area contributed by atoms with Gasteiger partial charge in [0.05, 0.1) is 6.04 Å². The van der Waals surface area contributed by atoms with Crippen molar-refractivity contribution in [3.8, 4) is 0 Å². The van der Waals surface area contributed by atoms with Crippen molar-refractivity contribution in [1.29, 1.82) is 0 Å². The largest absolute Gasteiger partial charge is 0.321 e. The monoisotopic (exact) mass is 181 g/mol. The molecule has 2 rings (SSSR count). The van der Waals surface area contributed by atoms with Gasteiger partial charge in [-0.1, -0.05) is 5.21 Å². The van der Waals surface area contributed by atoms with Gasteiger partial charge < -0.3 is 10.6 Å². The normalized spacial score (nSPS) is 19.8. The fourth-order valence-corrected chi connectivity index (χ4v) is 1.47. The van der Waals surface area contributed by atoms with Crippen LogP contribution in [0.3, 0.4) is 0 Å². The average molecular weight is 181 g/mol. The quantitative estimate of drug-likeness (QED) is 0.684. The second-order valence-electron chi connectivity index (χ2n) is 3.58. The van der Waals surface area contributed by atoms with Crippen molar-refractivity contribution in [3.05, 3.63) is 11.9 Å². The zero-order valence-electron chi connectivity index (χ0n) is 7.85. The second-order valence-corrected chi connectivity index (χ2v) is 3.58. The van der Waals surface area contributed by atoms with Crippen molar-refractivity contribution in [3.63, 3.8) is 0 Å². The highest BCUT2D eigenvalue weighted by Gasteiger charge is 2.19. The lowest BCUT2D eigenvalue weighted by atomic mass is 10.1. The van der Waals surface area contributed by atoms with Gasteiger partial charge in [-0.3, -0.25) is 4.68 Å². The van der Waals surface area contributed by atoms with Crippen molar-refractivity contribution in [1.82, 2.24) is 19.9 Å². The van der Waals surface area contributed by atoms with Gasteiger partial charge in [-0.05, 0) is 19.5 Å². The van der Waals surface area contributed by atoms with E-state index in [0.717, 1.165) is 12.2 Å². The lowest BCUT2D eigenvalue weighted by Crippen LogP contribution is -2.41. The highest BCUT2D eigenvalue weighted by molar-refractivity contribution is 5.00. The van der Waals surface area contributed by atoms with Crippen molar-refractivity contribution in [2.24, 2.45) is 12.8 Å². The Morgan fingerprint density at radius 2 is 2.38 bits per heavy atom. The van der Waals surface area contributed by atoms with E-state index < -0.39 is 0 Å². The zero-order chi connectivity index (χ0) is 9.26. The summed E-state index contributed by atoms with van der Waals surface area (Å²) in [6, 6.07) is 0.00833. The summed E-state index contributed by atoms with van der Waals surface area (Å²) in [4.78, 5) is 2.33. The van der Waals surface area contributed by atoms with Crippen LogP contribution in [0.2, 0.25) is 0 Å². The van der Waals surface area contributed by atoms with Crippen LogP contribution in [-0.2, 0) is 7.05 Å². The number of hydrogen-bond acceptors (Lipinski definition) is 4. The average Bonchev–Trinajstić information content (AvgIpc) is 2.44. The van der Waals surface area contributed by atoms with Gasteiger partial charge in [-0.2, -0.15) is 0 Å². The Hall–Kier alpha value is -0.940. The van der Waals surface area contributed by atoms with Gasteiger partial charge in [0.1, 0.15) is 5.69 Å². The molecule has 0 aliphatic carbocycles. The van der Waals surface area contributed by atoms with Crippen LogP contribution in [0.4, 0.5) is 0 Å². The molecule has 0 aromatic carbocycles. The highest BCUT2D eigenvalue weighted by Crippen LogP contribution is 2.12. The number of rotatable bonds is 3. The number of nitrogens with two attached hydrogens (primary N) is 1. The molecule has 0 amide bonds. The van der Waals surface area contributed by atoms with Gasteiger partial charge in [0.15, 0.2) is 0 Å². The highest BCUT2D eigenvalue weighted by atomic mass is 15.4. The van der Waals surface area contributed by atoms with Crippen molar-refractivity contribution >= 4 is 0 Å². The van der Waals surface area contributed by atoms with Crippen LogP contribution < -0.4 is 5.73 Å². The minimum absolute atomic E-state index is 0.00833. The molecule has 2 heterocycles. The van der Waals surface area contributed by atoms with E-state index in [1.165, 1.54) is 19.5 Å². The Morgan fingerprint density at radius 3 is 2.85 bits per heavy atom. The molecule has 0 spiro atoms. The van der Waals surface area contributed by atoms with Crippen molar-refractivity contribution in [2.45, 2.75) is 12.5 Å². The number of nitrogens with zero attached hydrogens (tertiary/aromatic N) is 4. The van der Waals surface area contributed by atoms with E-state index >= 15 is 0 Å². The van der Waals surface area contributed by atoms with E-state index in [2.05, 4.69) is 15.2 Å². The smallest absolute Gasteiger partial charge is 0.101 e. The van der Waals surface area contributed by atoms with Gasteiger partial charge in [0.2, 0.25) is 0 Å². The van der Waals surface area contributed by atoms with Crippen LogP contribution in [0.5, 0.6) is 0 Å². The summed E-state index contributed by atoms with van der Waals surface area (Å²) in [5.74, 6) is 0. The first-order valence-electron chi connectivity index (χ1n) is 4.60. The molecular formula is C8H15N5. The van der Waals surface area contributed by atoms with E-state index in [1.807, 2.05) is 13.2 Å². The maximum absolute atomic E-state index is 5.96. The molecule has 5 heteroatoms. The SMILES string of the molecule is Cn1cc(C(N)CN2CCC2)nn1. The van der Waals surface area contributed by atoms with Crippen LogP contribution in [0.1, 0.15) is 18.2 Å². The summed E-state index contributed by atoms with van der Waals surface area (Å²) in [5, 5.41) is 7.85. The van der Waals surface area contributed by atoms with Gasteiger partial charge in [-0.15, -0.1) is 5.10 Å². The third-order valence-corrected chi connectivity index (χ3v) is 2.40. The van der Waals surface area contributed by atoms with Gasteiger partial charge in [-0.25, -0.2) is 0 Å². The Labute approximate surface area is 77.5 Å². The molecule has 0 bridgehead atoms. The Balaban J connectivity index is 1.92. The summed E-state index contributed by atoms with van der Waals surface area (Å²) < 4.78 is 1.69. The lowest BCUT2D eigenvalue weighted by Gasteiger charge is -2.32. The molecule has 13 heavy (non-hydrogen) atoms. The molecule has 1 saturated heterocycles. The van der Waals surface area contributed by atoms with Crippen LogP contribution in [0, 0.1) is 0 Å². The van der Waals surface area contributed by atoms with Crippen LogP contribution in [0.25, 0.3) is 0 Å². The first-order chi connectivity index (χ1) is 6.25. The fraction of sp³-hybridized carbons (Fsp3) is 0.750. The van der Waals surface area contributed by atoms with Crippen molar-refractivity contribution in [2.75, 3.05) is 19.6 Å². The van der Waals surface area contributed by atoms with Crippen LogP contribution in [-0.4, -0.2) is 39.5 Å². The minimum Gasteiger partial charge on any atom is -0.321 e. The Bertz CT molecular complexity index is 278. The summed E-state index contributed by atoms with van der Waals surface area (Å²) in [6.45, 7) is 3.25. The molecule has 1 unspecified atom stereocenters. The molecule has 0 saturated carbocycles. The Kier molecular flexibility index (Phi) is 2.28. The number of aromatic nitrogens is 3. The molecular weight excluding hydrogens is 166 g/mol. The summed E-state index contributed by atoms with van der Waals surface area (Å²) in [7, 11) is 1.85. The fourth-order valence-electron chi connectivity index (χ4n) is 1.47. The molecule has 1 aliphatic rings. The molecule has 2 N–H and O–H groups in total. The minimum atomic E-state index is 0.00833. The molecule has 0 radical (unpaired) electrons. The number of likely N-dealkylation sites (tertiary alicyclic amines) is 1. The van der Waals surface area contributed by atoms with Gasteiger partial charge in [0.25, 0.3) is 0 Å². The third-order valence-electron chi connectivity index (χ3n) is 2.40. The zero-order valence-corrected chi connectivity index (χ0v) is 7.85.